The maximum atomic E-state index is 12.6. The van der Waals surface area contributed by atoms with Crippen LogP contribution >= 0.6 is 11.3 Å². The van der Waals surface area contributed by atoms with E-state index in [0.29, 0.717) is 0 Å². The summed E-state index contributed by atoms with van der Waals surface area (Å²) in [5.41, 5.74) is -0.800. The smallest absolute Gasteiger partial charge is 0.296 e. The number of methoxy groups -OCH3 is 2. The zero-order valence-electron chi connectivity index (χ0n) is 17.2. The molecule has 3 rings (SSSR count). The van der Waals surface area contributed by atoms with Crippen LogP contribution < -0.4 is 20.1 Å². The molecule has 1 heterocycles. The molecule has 2 N–H and O–H groups in total. The Balaban J connectivity index is 1.78. The van der Waals surface area contributed by atoms with Gasteiger partial charge in [0.2, 0.25) is 0 Å². The zero-order valence-corrected chi connectivity index (χ0v) is 18.0. The molecule has 0 aliphatic heterocycles. The summed E-state index contributed by atoms with van der Waals surface area (Å²) in [5.74, 6) is -0.824. The predicted molar refractivity (Wildman–Crippen MR) is 120 cm³/mol. The van der Waals surface area contributed by atoms with E-state index in [9.17, 15) is 29.8 Å². The minimum atomic E-state index is -0.664. The van der Waals surface area contributed by atoms with Crippen molar-refractivity contribution in [2.24, 2.45) is 0 Å². The summed E-state index contributed by atoms with van der Waals surface area (Å²) in [5, 5.41) is 27.4. The molecule has 0 unspecified atom stereocenters. The van der Waals surface area contributed by atoms with Gasteiger partial charge in [-0.1, -0.05) is 0 Å². The highest BCUT2D eigenvalue weighted by atomic mass is 32.1. The van der Waals surface area contributed by atoms with E-state index in [1.54, 1.807) is 0 Å². The molecular formula is C20H16N4O8S. The third-order valence-corrected chi connectivity index (χ3v) is 5.44. The van der Waals surface area contributed by atoms with Gasteiger partial charge in [0, 0.05) is 0 Å². The number of nitro benzene ring substituents is 2. The fraction of sp³-hybridized carbons (Fsp3) is 0.100. The lowest BCUT2D eigenvalue weighted by Crippen LogP contribution is -2.12. The van der Waals surface area contributed by atoms with Crippen molar-refractivity contribution in [3.8, 4) is 11.5 Å². The lowest BCUT2D eigenvalue weighted by atomic mass is 10.2. The van der Waals surface area contributed by atoms with Gasteiger partial charge in [-0.05, 0) is 36.4 Å². The first kappa shape index (κ1) is 23.1. The number of amides is 2. The van der Waals surface area contributed by atoms with Crippen molar-refractivity contribution in [3.63, 3.8) is 0 Å². The van der Waals surface area contributed by atoms with Gasteiger partial charge in [-0.2, -0.15) is 0 Å². The van der Waals surface area contributed by atoms with Crippen molar-refractivity contribution in [2.75, 3.05) is 24.9 Å². The molecule has 0 atom stereocenters. The average Bonchev–Trinajstić information content (AvgIpc) is 3.30. The zero-order chi connectivity index (χ0) is 24.1. The Morgan fingerprint density at radius 1 is 0.758 bits per heavy atom. The number of nitro groups is 2. The van der Waals surface area contributed by atoms with Gasteiger partial charge < -0.3 is 20.1 Å². The van der Waals surface area contributed by atoms with Crippen LogP contribution in [0.5, 0.6) is 11.5 Å². The van der Waals surface area contributed by atoms with Gasteiger partial charge in [0.1, 0.15) is 22.9 Å². The molecule has 3 aromatic rings. The van der Waals surface area contributed by atoms with E-state index >= 15 is 0 Å². The number of nitrogens with one attached hydrogen (secondary N) is 2. The third-order valence-electron chi connectivity index (χ3n) is 4.35. The highest BCUT2D eigenvalue weighted by Gasteiger charge is 2.22. The van der Waals surface area contributed by atoms with Crippen molar-refractivity contribution < 1.29 is 28.9 Å². The van der Waals surface area contributed by atoms with E-state index in [4.69, 9.17) is 9.47 Å². The van der Waals surface area contributed by atoms with Crippen LogP contribution in [0.4, 0.5) is 22.7 Å². The summed E-state index contributed by atoms with van der Waals surface area (Å²) in [4.78, 5) is 46.6. The summed E-state index contributed by atoms with van der Waals surface area (Å²) in [6.45, 7) is 0. The molecule has 0 spiro atoms. The number of rotatable bonds is 8. The summed E-state index contributed by atoms with van der Waals surface area (Å²) in [7, 11) is 2.71. The maximum Gasteiger partial charge on any atom is 0.296 e. The van der Waals surface area contributed by atoms with E-state index in [2.05, 4.69) is 10.6 Å². The van der Waals surface area contributed by atoms with Crippen molar-refractivity contribution in [1.29, 1.82) is 0 Å². The molecule has 12 nitrogen and oxygen atoms in total. The molecule has 0 radical (unpaired) electrons. The number of hydrogen-bond donors (Lipinski definition) is 2. The minimum absolute atomic E-state index is 0.0425. The summed E-state index contributed by atoms with van der Waals surface area (Å²) in [6, 6.07) is 10.7. The SMILES string of the molecule is COc1ccc(NC(=O)c2ccc(C(=O)Nc3ccc(OC)cc3[N+](=O)[O-])s2)c([N+](=O)[O-])c1. The second-order valence-corrected chi connectivity index (χ2v) is 7.44. The topological polar surface area (TPSA) is 163 Å². The van der Waals surface area contributed by atoms with Crippen LogP contribution in [0.2, 0.25) is 0 Å². The molecule has 0 saturated carbocycles. The lowest BCUT2D eigenvalue weighted by molar-refractivity contribution is -0.384. The van der Waals surface area contributed by atoms with Crippen molar-refractivity contribution in [1.82, 2.24) is 0 Å². The second kappa shape index (κ2) is 9.74. The summed E-state index contributed by atoms with van der Waals surface area (Å²) < 4.78 is 9.91. The largest absolute Gasteiger partial charge is 0.496 e. The Morgan fingerprint density at radius 3 is 1.48 bits per heavy atom. The van der Waals surface area contributed by atoms with Gasteiger partial charge in [0.15, 0.2) is 0 Å². The van der Waals surface area contributed by atoms with Crippen LogP contribution in [0, 0.1) is 20.2 Å². The fourth-order valence-corrected chi connectivity index (χ4v) is 3.54. The van der Waals surface area contributed by atoms with Gasteiger partial charge in [-0.15, -0.1) is 11.3 Å². The number of anilines is 2. The Bertz CT molecular complexity index is 1160. The first-order valence-corrected chi connectivity index (χ1v) is 9.92. The monoisotopic (exact) mass is 472 g/mol. The van der Waals surface area contributed by atoms with Gasteiger partial charge in [0.25, 0.3) is 23.2 Å². The number of carbonyl (C=O) groups is 2. The van der Waals surface area contributed by atoms with Crippen molar-refractivity contribution in [2.45, 2.75) is 0 Å². The Morgan fingerprint density at radius 2 is 1.15 bits per heavy atom. The molecule has 0 aliphatic rings. The molecule has 0 bridgehead atoms. The Labute approximate surface area is 190 Å². The predicted octanol–water partition coefficient (Wildman–Crippen LogP) is 4.09. The van der Waals surface area contributed by atoms with Crippen LogP contribution in [0.3, 0.4) is 0 Å². The first-order chi connectivity index (χ1) is 15.7. The quantitative estimate of drug-likeness (QED) is 0.366. The van der Waals surface area contributed by atoms with Gasteiger partial charge in [-0.3, -0.25) is 29.8 Å². The highest BCUT2D eigenvalue weighted by Crippen LogP contribution is 2.31. The number of ether oxygens (including phenoxy) is 2. The van der Waals surface area contributed by atoms with Crippen LogP contribution in [0.25, 0.3) is 0 Å². The van der Waals surface area contributed by atoms with E-state index in [0.717, 1.165) is 11.3 Å². The van der Waals surface area contributed by atoms with Crippen LogP contribution in [0.1, 0.15) is 19.3 Å². The first-order valence-electron chi connectivity index (χ1n) is 9.11. The highest BCUT2D eigenvalue weighted by molar-refractivity contribution is 7.16. The van der Waals surface area contributed by atoms with E-state index < -0.39 is 21.7 Å². The maximum absolute atomic E-state index is 12.6. The molecule has 0 saturated heterocycles. The standard InChI is InChI=1S/C20H16N4O8S/c1-31-11-3-5-13(15(9-11)23(27)28)21-19(25)17-7-8-18(33-17)20(26)22-14-6-4-12(32-2)10-16(14)24(29)30/h3-10H,1-2H3,(H,21,25)(H,22,26). The van der Waals surface area contributed by atoms with Crippen LogP contribution in [0.15, 0.2) is 48.5 Å². The molecule has 170 valence electrons. The summed E-state index contributed by atoms with van der Waals surface area (Å²) >= 11 is 0.818. The van der Waals surface area contributed by atoms with Gasteiger partial charge >= 0.3 is 0 Å². The molecule has 13 heteroatoms. The molecule has 1 aromatic heterocycles. The van der Waals surface area contributed by atoms with Crippen LogP contribution in [-0.4, -0.2) is 35.9 Å². The molecule has 2 aromatic carbocycles. The lowest BCUT2D eigenvalue weighted by Gasteiger charge is -2.07. The van der Waals surface area contributed by atoms with Gasteiger partial charge in [0.05, 0.1) is 46.0 Å². The van der Waals surface area contributed by atoms with Gasteiger partial charge in [-0.25, -0.2) is 0 Å². The van der Waals surface area contributed by atoms with E-state index in [1.165, 1.54) is 62.8 Å². The van der Waals surface area contributed by atoms with E-state index in [1.807, 2.05) is 0 Å². The van der Waals surface area contributed by atoms with Crippen LogP contribution in [-0.2, 0) is 0 Å². The molecule has 33 heavy (non-hydrogen) atoms. The normalized spacial score (nSPS) is 10.2. The second-order valence-electron chi connectivity index (χ2n) is 6.35. The van der Waals surface area contributed by atoms with E-state index in [-0.39, 0.29) is 44.0 Å². The Hall–Kier alpha value is -4.52. The number of hydrogen-bond acceptors (Lipinski definition) is 9. The van der Waals surface area contributed by atoms with Crippen molar-refractivity contribution >= 4 is 45.9 Å². The third kappa shape index (κ3) is 5.22. The Kier molecular flexibility index (Phi) is 6.83. The average molecular weight is 472 g/mol. The molecule has 0 aliphatic carbocycles. The fourth-order valence-electron chi connectivity index (χ4n) is 2.74. The number of benzene rings is 2. The van der Waals surface area contributed by atoms with Crippen molar-refractivity contribution in [3.05, 3.63) is 78.5 Å². The number of nitrogens with zero attached hydrogens (tertiary/aromatic N) is 2. The summed E-state index contributed by atoms with van der Waals surface area (Å²) in [6.07, 6.45) is 0. The molecule has 0 fully saturated rings. The number of carbonyl (C=O) groups excluding carboxylic acids is 2. The minimum Gasteiger partial charge on any atom is -0.496 e. The molecule has 2 amide bonds. The molecular weight excluding hydrogens is 456 g/mol. The number of thiophene rings is 1.